The van der Waals surface area contributed by atoms with Crippen molar-refractivity contribution in [3.63, 3.8) is 0 Å². The van der Waals surface area contributed by atoms with Crippen LogP contribution >= 0.6 is 0 Å². The molecule has 1 aromatic carbocycles. The fraction of sp³-hybridized carbons (Fsp3) is 0.0909. The molecule has 0 radical (unpaired) electrons. The van der Waals surface area contributed by atoms with Gasteiger partial charge in [0, 0.05) is 18.9 Å². The number of sulfonamides is 1. The average molecular weight is 277 g/mol. The van der Waals surface area contributed by atoms with E-state index in [-0.39, 0.29) is 10.7 Å². The van der Waals surface area contributed by atoms with Gasteiger partial charge in [0.1, 0.15) is 4.90 Å². The molecule has 0 spiro atoms. The van der Waals surface area contributed by atoms with Crippen molar-refractivity contribution < 1.29 is 8.42 Å². The van der Waals surface area contributed by atoms with Crippen molar-refractivity contribution in [3.8, 4) is 6.07 Å². The molecule has 0 aliphatic rings. The lowest BCUT2D eigenvalue weighted by Gasteiger charge is -2.06. The number of aryl methyl sites for hydroxylation is 1. The molecule has 0 amide bonds. The average Bonchev–Trinajstić information content (AvgIpc) is 2.70. The van der Waals surface area contributed by atoms with Gasteiger partial charge in [0.05, 0.1) is 11.6 Å². The quantitative estimate of drug-likeness (QED) is 0.856. The Balaban J connectivity index is 2.31. The Labute approximate surface area is 110 Å². The van der Waals surface area contributed by atoms with E-state index in [0.717, 1.165) is 0 Å². The van der Waals surface area contributed by atoms with Gasteiger partial charge in [0.25, 0.3) is 10.0 Å². The van der Waals surface area contributed by atoms with E-state index in [1.807, 2.05) is 6.07 Å². The molecule has 0 aliphatic heterocycles. The zero-order valence-corrected chi connectivity index (χ0v) is 10.8. The zero-order valence-electron chi connectivity index (χ0n) is 10.0. The second kappa shape index (κ2) is 4.62. The fourth-order valence-electron chi connectivity index (χ4n) is 1.51. The number of benzene rings is 1. The Kier molecular flexibility index (Phi) is 3.14. The number of anilines is 2. The summed E-state index contributed by atoms with van der Waals surface area (Å²) in [6.45, 7) is 0. The van der Waals surface area contributed by atoms with Crippen molar-refractivity contribution >= 4 is 21.5 Å². The Bertz CT molecular complexity index is 740. The highest BCUT2D eigenvalue weighted by molar-refractivity contribution is 7.92. The predicted molar refractivity (Wildman–Crippen MR) is 69.6 cm³/mol. The molecule has 0 aliphatic carbocycles. The van der Waals surface area contributed by atoms with Crippen molar-refractivity contribution in [1.82, 2.24) is 9.78 Å². The van der Waals surface area contributed by atoms with Crippen LogP contribution in [0, 0.1) is 11.3 Å². The summed E-state index contributed by atoms with van der Waals surface area (Å²) >= 11 is 0. The van der Waals surface area contributed by atoms with Crippen molar-refractivity contribution in [2.75, 3.05) is 10.5 Å². The second-order valence-electron chi connectivity index (χ2n) is 3.85. The lowest BCUT2D eigenvalue weighted by atomic mass is 10.2. The van der Waals surface area contributed by atoms with E-state index < -0.39 is 10.0 Å². The summed E-state index contributed by atoms with van der Waals surface area (Å²) in [4.78, 5) is -0.0839. The van der Waals surface area contributed by atoms with E-state index >= 15 is 0 Å². The lowest BCUT2D eigenvalue weighted by molar-refractivity contribution is 0.601. The summed E-state index contributed by atoms with van der Waals surface area (Å²) in [6, 6.07) is 7.99. The minimum atomic E-state index is -3.78. The Morgan fingerprint density at radius 2 is 2.00 bits per heavy atom. The number of nitrogen functional groups attached to an aromatic ring is 1. The number of aromatic nitrogens is 2. The van der Waals surface area contributed by atoms with Gasteiger partial charge in [0.15, 0.2) is 5.82 Å². The number of nitriles is 1. The first kappa shape index (κ1) is 12.9. The number of rotatable bonds is 3. The van der Waals surface area contributed by atoms with E-state index in [4.69, 9.17) is 11.0 Å². The smallest absolute Gasteiger partial charge is 0.267 e. The molecule has 2 rings (SSSR count). The van der Waals surface area contributed by atoms with Crippen molar-refractivity contribution in [2.24, 2.45) is 7.05 Å². The zero-order chi connectivity index (χ0) is 14.0. The summed E-state index contributed by atoms with van der Waals surface area (Å²) in [5.74, 6) is -0.0661. The van der Waals surface area contributed by atoms with E-state index in [1.165, 1.54) is 35.1 Å². The molecule has 1 heterocycles. The molecule has 7 nitrogen and oxygen atoms in total. The number of nitrogens with two attached hydrogens (primary N) is 1. The normalized spacial score (nSPS) is 10.9. The number of hydrogen-bond donors (Lipinski definition) is 2. The first-order valence-corrected chi connectivity index (χ1v) is 6.73. The Hall–Kier alpha value is -2.53. The van der Waals surface area contributed by atoms with E-state index in [2.05, 4.69) is 9.82 Å². The topological polar surface area (TPSA) is 114 Å². The molecular formula is C11H11N5O2S. The maximum absolute atomic E-state index is 12.1. The van der Waals surface area contributed by atoms with Crippen LogP contribution < -0.4 is 10.5 Å². The molecular weight excluding hydrogens is 266 g/mol. The Morgan fingerprint density at radius 3 is 2.47 bits per heavy atom. The number of nitrogens with one attached hydrogen (secondary N) is 1. The summed E-state index contributed by atoms with van der Waals surface area (Å²) in [6.07, 6.45) is 1.32. The highest BCUT2D eigenvalue weighted by atomic mass is 32.2. The van der Waals surface area contributed by atoms with Crippen LogP contribution in [0.1, 0.15) is 5.56 Å². The van der Waals surface area contributed by atoms with Gasteiger partial charge in [-0.25, -0.2) is 8.42 Å². The predicted octanol–water partition coefficient (Wildman–Crippen LogP) is 0.675. The van der Waals surface area contributed by atoms with Crippen LogP contribution in [0.25, 0.3) is 0 Å². The summed E-state index contributed by atoms with van der Waals surface area (Å²) in [5.41, 5.74) is 6.33. The number of hydrogen-bond acceptors (Lipinski definition) is 5. The first-order chi connectivity index (χ1) is 8.92. The van der Waals surface area contributed by atoms with Crippen LogP contribution in [-0.2, 0) is 17.1 Å². The van der Waals surface area contributed by atoms with Gasteiger partial charge in [0.2, 0.25) is 0 Å². The van der Waals surface area contributed by atoms with Crippen molar-refractivity contribution in [3.05, 3.63) is 36.0 Å². The maximum Gasteiger partial charge on any atom is 0.267 e. The van der Waals surface area contributed by atoms with Crippen LogP contribution in [0.3, 0.4) is 0 Å². The van der Waals surface area contributed by atoms with Crippen LogP contribution in [0.15, 0.2) is 35.4 Å². The van der Waals surface area contributed by atoms with Gasteiger partial charge < -0.3 is 5.73 Å². The monoisotopic (exact) mass is 277 g/mol. The third kappa shape index (κ3) is 2.66. The summed E-state index contributed by atoms with van der Waals surface area (Å²) in [5, 5.41) is 12.4. The largest absolute Gasteiger partial charge is 0.381 e. The van der Waals surface area contributed by atoms with Gasteiger partial charge >= 0.3 is 0 Å². The third-order valence-electron chi connectivity index (χ3n) is 2.38. The summed E-state index contributed by atoms with van der Waals surface area (Å²) < 4.78 is 27.9. The molecule has 0 saturated carbocycles. The van der Waals surface area contributed by atoms with Gasteiger partial charge in [-0.2, -0.15) is 10.4 Å². The number of nitrogens with zero attached hydrogens (tertiary/aromatic N) is 3. The molecule has 3 N–H and O–H groups in total. The van der Waals surface area contributed by atoms with E-state index in [0.29, 0.717) is 11.3 Å². The molecule has 8 heteroatoms. The third-order valence-corrected chi connectivity index (χ3v) is 3.78. The molecule has 1 aromatic heterocycles. The van der Waals surface area contributed by atoms with Crippen LogP contribution in [0.5, 0.6) is 0 Å². The lowest BCUT2D eigenvalue weighted by Crippen LogP contribution is -2.13. The molecule has 0 atom stereocenters. The molecule has 19 heavy (non-hydrogen) atoms. The summed E-state index contributed by atoms with van der Waals surface area (Å²) in [7, 11) is -2.20. The van der Waals surface area contributed by atoms with Crippen LogP contribution in [0.4, 0.5) is 11.5 Å². The highest BCUT2D eigenvalue weighted by Gasteiger charge is 2.20. The van der Waals surface area contributed by atoms with Crippen LogP contribution in [-0.4, -0.2) is 18.2 Å². The SMILES string of the molecule is Cn1cc(S(=O)(=O)Nc2ccc(C#N)cc2)c(N)n1. The maximum atomic E-state index is 12.1. The highest BCUT2D eigenvalue weighted by Crippen LogP contribution is 2.20. The minimum Gasteiger partial charge on any atom is -0.381 e. The molecule has 0 saturated heterocycles. The van der Waals surface area contributed by atoms with Crippen LogP contribution in [0.2, 0.25) is 0 Å². The van der Waals surface area contributed by atoms with Crippen molar-refractivity contribution in [2.45, 2.75) is 4.90 Å². The van der Waals surface area contributed by atoms with Crippen molar-refractivity contribution in [1.29, 1.82) is 5.26 Å². The van der Waals surface area contributed by atoms with E-state index in [9.17, 15) is 8.42 Å². The molecule has 0 bridgehead atoms. The van der Waals surface area contributed by atoms with Gasteiger partial charge in [-0.3, -0.25) is 9.40 Å². The first-order valence-electron chi connectivity index (χ1n) is 5.24. The molecule has 0 unspecified atom stereocenters. The second-order valence-corrected chi connectivity index (χ2v) is 5.50. The molecule has 2 aromatic rings. The Morgan fingerprint density at radius 1 is 1.37 bits per heavy atom. The van der Waals surface area contributed by atoms with Gasteiger partial charge in [-0.05, 0) is 24.3 Å². The molecule has 0 fully saturated rings. The fourth-order valence-corrected chi connectivity index (χ4v) is 2.68. The standard InChI is InChI=1S/C11H11N5O2S/c1-16-7-10(11(13)14-16)19(17,18)15-9-4-2-8(6-12)3-5-9/h2-5,7,15H,1H3,(H2,13,14). The van der Waals surface area contributed by atoms with Gasteiger partial charge in [-0.15, -0.1) is 0 Å². The minimum absolute atomic E-state index is 0.0661. The van der Waals surface area contributed by atoms with E-state index in [1.54, 1.807) is 7.05 Å². The van der Waals surface area contributed by atoms with Gasteiger partial charge in [-0.1, -0.05) is 0 Å². The molecule has 98 valence electrons.